The van der Waals surface area contributed by atoms with Crippen LogP contribution in [0.2, 0.25) is 0 Å². The van der Waals surface area contributed by atoms with Gasteiger partial charge in [0, 0.05) is 36.5 Å². The zero-order valence-corrected chi connectivity index (χ0v) is 14.2. The highest BCUT2D eigenvalue weighted by atomic mass is 32.2. The Morgan fingerprint density at radius 2 is 1.95 bits per heavy atom. The summed E-state index contributed by atoms with van der Waals surface area (Å²) in [5, 5.41) is 0. The topological polar surface area (TPSA) is 54.3 Å². The molecule has 1 atom stereocenters. The molecule has 22 heavy (non-hydrogen) atoms. The van der Waals surface area contributed by atoms with Gasteiger partial charge in [-0.05, 0) is 49.6 Å². The fraction of sp³-hybridized carbons (Fsp3) is 0.353. The van der Waals surface area contributed by atoms with E-state index in [0.717, 1.165) is 27.3 Å². The minimum absolute atomic E-state index is 0.0486. The molecule has 0 saturated heterocycles. The average molecular weight is 319 g/mol. The summed E-state index contributed by atoms with van der Waals surface area (Å²) in [5.74, 6) is 1.31. The highest BCUT2D eigenvalue weighted by Crippen LogP contribution is 2.34. The molecule has 1 heterocycles. The average Bonchev–Trinajstić information content (AvgIpc) is 2.51. The predicted molar refractivity (Wildman–Crippen MR) is 90.0 cm³/mol. The zero-order valence-electron chi connectivity index (χ0n) is 13.4. The lowest BCUT2D eigenvalue weighted by Crippen LogP contribution is -2.16. The standard InChI is InChI=1S/C17H21NO3S/c1-5-21-16-8-7-13(22(20)6-2)10-14(16)15-11-18(4)17(19)9-12(15)3/h7-11H,5-6H2,1-4H3. The van der Waals surface area contributed by atoms with E-state index in [-0.39, 0.29) is 5.56 Å². The van der Waals surface area contributed by atoms with Crippen molar-refractivity contribution < 1.29 is 9.29 Å². The van der Waals surface area contributed by atoms with Crippen molar-refractivity contribution >= 4 is 11.2 Å². The number of nitrogens with zero attached hydrogens (tertiary/aromatic N) is 1. The molecule has 0 radical (unpaired) electrons. The van der Waals surface area contributed by atoms with E-state index < -0.39 is 11.2 Å². The van der Waals surface area contributed by atoms with Gasteiger partial charge in [0.25, 0.3) is 5.56 Å². The Hall–Kier alpha value is -1.72. The summed E-state index contributed by atoms with van der Waals surface area (Å²) in [7, 11) is 1.72. The first-order valence-corrected chi connectivity index (χ1v) is 8.62. The molecule has 1 aromatic heterocycles. The van der Waals surface area contributed by atoms with Crippen molar-refractivity contribution in [1.82, 2.24) is 4.57 Å². The molecule has 0 fully saturated rings. The second-order valence-electron chi connectivity index (χ2n) is 5.04. The highest BCUT2D eigenvalue weighted by Gasteiger charge is 2.16. The third kappa shape index (κ3) is 3.36. The largest absolute Gasteiger partial charge is 0.611 e. The molecule has 0 bridgehead atoms. The lowest BCUT2D eigenvalue weighted by atomic mass is 10.0. The Kier molecular flexibility index (Phi) is 5.32. The molecule has 5 heteroatoms. The van der Waals surface area contributed by atoms with Gasteiger partial charge in [0.15, 0.2) is 4.90 Å². The fourth-order valence-electron chi connectivity index (χ4n) is 2.32. The molecule has 118 valence electrons. The van der Waals surface area contributed by atoms with E-state index in [9.17, 15) is 9.35 Å². The second-order valence-corrected chi connectivity index (χ2v) is 6.78. The lowest BCUT2D eigenvalue weighted by molar-refractivity contribution is 0.341. The third-order valence-corrected chi connectivity index (χ3v) is 4.81. The maximum Gasteiger partial charge on any atom is 0.250 e. The van der Waals surface area contributed by atoms with Crippen LogP contribution in [-0.2, 0) is 18.2 Å². The fourth-order valence-corrected chi connectivity index (χ4v) is 3.12. The number of ether oxygens (including phenoxy) is 1. The van der Waals surface area contributed by atoms with Gasteiger partial charge >= 0.3 is 0 Å². The van der Waals surface area contributed by atoms with Crippen LogP contribution < -0.4 is 10.3 Å². The Morgan fingerprint density at radius 3 is 2.59 bits per heavy atom. The van der Waals surface area contributed by atoms with Crippen LogP contribution >= 0.6 is 0 Å². The molecule has 0 aliphatic rings. The van der Waals surface area contributed by atoms with Crippen LogP contribution in [0.4, 0.5) is 0 Å². The first kappa shape index (κ1) is 16.6. The predicted octanol–water partition coefficient (Wildman–Crippen LogP) is 2.89. The summed E-state index contributed by atoms with van der Waals surface area (Å²) < 4.78 is 19.3. The Morgan fingerprint density at radius 1 is 1.23 bits per heavy atom. The van der Waals surface area contributed by atoms with Gasteiger partial charge in [-0.2, -0.15) is 0 Å². The van der Waals surface area contributed by atoms with E-state index in [4.69, 9.17) is 4.74 Å². The van der Waals surface area contributed by atoms with Crippen molar-refractivity contribution in [3.63, 3.8) is 0 Å². The Bertz CT molecular complexity index is 724. The normalized spacial score (nSPS) is 12.2. The van der Waals surface area contributed by atoms with Gasteiger partial charge in [0.2, 0.25) is 0 Å². The number of benzene rings is 1. The Balaban J connectivity index is 2.65. The first-order valence-electron chi connectivity index (χ1n) is 7.30. The van der Waals surface area contributed by atoms with E-state index in [0.29, 0.717) is 12.4 Å². The zero-order chi connectivity index (χ0) is 16.3. The number of hydrogen-bond acceptors (Lipinski definition) is 3. The maximum absolute atomic E-state index is 12.1. The van der Waals surface area contributed by atoms with E-state index in [2.05, 4.69) is 0 Å². The SMILES string of the molecule is CCOc1ccc([S+]([O-])CC)cc1-c1cn(C)c(=O)cc1C. The van der Waals surface area contributed by atoms with E-state index >= 15 is 0 Å². The molecule has 4 nitrogen and oxygen atoms in total. The Labute approximate surface area is 133 Å². The van der Waals surface area contributed by atoms with Crippen molar-refractivity contribution in [2.24, 2.45) is 7.05 Å². The van der Waals surface area contributed by atoms with E-state index in [1.807, 2.05) is 39.0 Å². The molecule has 2 rings (SSSR count). The van der Waals surface area contributed by atoms with Crippen molar-refractivity contribution in [1.29, 1.82) is 0 Å². The minimum Gasteiger partial charge on any atom is -0.611 e. The molecule has 1 aromatic carbocycles. The van der Waals surface area contributed by atoms with Gasteiger partial charge in [-0.1, -0.05) is 0 Å². The molecule has 1 unspecified atom stereocenters. The number of pyridine rings is 1. The van der Waals surface area contributed by atoms with Gasteiger partial charge in [-0.3, -0.25) is 4.79 Å². The van der Waals surface area contributed by atoms with Gasteiger partial charge in [0.05, 0.1) is 6.61 Å². The molecule has 0 N–H and O–H groups in total. The molecule has 2 aromatic rings. The second kappa shape index (κ2) is 7.03. The molecule has 0 spiro atoms. The minimum atomic E-state index is -1.03. The van der Waals surface area contributed by atoms with Crippen LogP contribution in [0.3, 0.4) is 0 Å². The number of hydrogen-bond donors (Lipinski definition) is 0. The van der Waals surface area contributed by atoms with Crippen LogP contribution in [0, 0.1) is 6.92 Å². The summed E-state index contributed by atoms with van der Waals surface area (Å²) in [6, 6.07) is 7.20. The summed E-state index contributed by atoms with van der Waals surface area (Å²) >= 11 is -1.03. The summed E-state index contributed by atoms with van der Waals surface area (Å²) in [6.07, 6.45) is 1.80. The van der Waals surface area contributed by atoms with Crippen LogP contribution in [0.5, 0.6) is 5.75 Å². The molecule has 0 saturated carbocycles. The van der Waals surface area contributed by atoms with Crippen LogP contribution in [-0.4, -0.2) is 21.5 Å². The van der Waals surface area contributed by atoms with Gasteiger partial charge in [-0.15, -0.1) is 0 Å². The van der Waals surface area contributed by atoms with Gasteiger partial charge in [-0.25, -0.2) is 0 Å². The molecular weight excluding hydrogens is 298 g/mol. The van der Waals surface area contributed by atoms with E-state index in [1.54, 1.807) is 23.9 Å². The monoisotopic (exact) mass is 319 g/mol. The van der Waals surface area contributed by atoms with Crippen LogP contribution in [0.25, 0.3) is 11.1 Å². The summed E-state index contributed by atoms with van der Waals surface area (Å²) in [5.41, 5.74) is 2.62. The van der Waals surface area contributed by atoms with Crippen LogP contribution in [0.15, 0.2) is 40.2 Å². The van der Waals surface area contributed by atoms with Crippen molar-refractivity contribution in [3.8, 4) is 16.9 Å². The van der Waals surface area contributed by atoms with Gasteiger partial charge in [0.1, 0.15) is 11.5 Å². The van der Waals surface area contributed by atoms with Crippen molar-refractivity contribution in [2.75, 3.05) is 12.4 Å². The third-order valence-electron chi connectivity index (χ3n) is 3.50. The highest BCUT2D eigenvalue weighted by molar-refractivity contribution is 7.91. The molecule has 0 aliphatic heterocycles. The first-order chi connectivity index (χ1) is 10.5. The summed E-state index contributed by atoms with van der Waals surface area (Å²) in [4.78, 5) is 12.5. The number of rotatable bonds is 5. The molecule has 0 amide bonds. The smallest absolute Gasteiger partial charge is 0.250 e. The maximum atomic E-state index is 12.1. The molecular formula is C17H21NO3S. The quantitative estimate of drug-likeness (QED) is 0.796. The lowest BCUT2D eigenvalue weighted by Gasteiger charge is -2.16. The van der Waals surface area contributed by atoms with Crippen molar-refractivity contribution in [2.45, 2.75) is 25.7 Å². The number of aromatic nitrogens is 1. The van der Waals surface area contributed by atoms with Crippen LogP contribution in [0.1, 0.15) is 19.4 Å². The summed E-state index contributed by atoms with van der Waals surface area (Å²) in [6.45, 7) is 6.27. The molecule has 0 aliphatic carbocycles. The number of aryl methyl sites for hydroxylation is 2. The van der Waals surface area contributed by atoms with E-state index in [1.165, 1.54) is 0 Å². The van der Waals surface area contributed by atoms with Crippen molar-refractivity contribution in [3.05, 3.63) is 46.4 Å². The van der Waals surface area contributed by atoms with Gasteiger partial charge < -0.3 is 13.9 Å².